The molecule has 0 aliphatic carbocycles. The summed E-state index contributed by atoms with van der Waals surface area (Å²) in [7, 11) is 0. The monoisotopic (exact) mass is 554 g/mol. The van der Waals surface area contributed by atoms with E-state index in [1.54, 1.807) is 24.5 Å². The Morgan fingerprint density at radius 1 is 1.12 bits per heavy atom. The van der Waals surface area contributed by atoms with Crippen molar-refractivity contribution in [1.29, 1.82) is 0 Å². The molecular weight excluding hydrogens is 521 g/mol. The highest BCUT2D eigenvalue weighted by atomic mass is 19.4. The first-order chi connectivity index (χ1) is 19.3. The Balaban J connectivity index is 1.31. The van der Waals surface area contributed by atoms with Crippen LogP contribution in [-0.2, 0) is 12.7 Å². The number of anilines is 3. The fraction of sp³-hybridized carbons (Fsp3) is 0.414. The zero-order chi connectivity index (χ0) is 28.1. The summed E-state index contributed by atoms with van der Waals surface area (Å²) >= 11 is 0. The van der Waals surface area contributed by atoms with Gasteiger partial charge in [-0.1, -0.05) is 0 Å². The van der Waals surface area contributed by atoms with E-state index in [0.717, 1.165) is 68.8 Å². The summed E-state index contributed by atoms with van der Waals surface area (Å²) in [6.07, 6.45) is 2.54. The maximum absolute atomic E-state index is 13.7. The van der Waals surface area contributed by atoms with Crippen molar-refractivity contribution in [2.24, 2.45) is 0 Å². The van der Waals surface area contributed by atoms with Gasteiger partial charge in [0.05, 0.1) is 11.1 Å². The molecule has 5 rings (SSSR count). The van der Waals surface area contributed by atoms with E-state index in [-0.39, 0.29) is 29.1 Å². The van der Waals surface area contributed by atoms with Crippen LogP contribution in [0.25, 0.3) is 0 Å². The van der Waals surface area contributed by atoms with Gasteiger partial charge in [0, 0.05) is 49.8 Å². The Bertz CT molecular complexity index is 1320. The van der Waals surface area contributed by atoms with Gasteiger partial charge in [-0.3, -0.25) is 4.79 Å². The second-order valence-electron chi connectivity index (χ2n) is 10.2. The third-order valence-corrected chi connectivity index (χ3v) is 7.23. The van der Waals surface area contributed by atoms with Crippen LogP contribution < -0.4 is 25.6 Å². The van der Waals surface area contributed by atoms with Crippen LogP contribution in [0, 0.1) is 0 Å². The molecule has 4 heterocycles. The first-order valence-corrected chi connectivity index (χ1v) is 13.6. The molecule has 3 aromatic rings. The highest BCUT2D eigenvalue weighted by Crippen LogP contribution is 2.35. The number of halogens is 3. The third-order valence-electron chi connectivity index (χ3n) is 7.23. The lowest BCUT2D eigenvalue weighted by atomic mass is 10.1. The number of aromatic nitrogens is 2. The van der Waals surface area contributed by atoms with E-state index in [2.05, 4.69) is 30.8 Å². The quantitative estimate of drug-likeness (QED) is 0.323. The number of benzene rings is 1. The topological polar surface area (TPSA) is 91.4 Å². The van der Waals surface area contributed by atoms with Crippen molar-refractivity contribution in [2.75, 3.05) is 35.2 Å². The molecule has 0 bridgehead atoms. The molecular formula is C29H33F3N6O2. The molecule has 0 saturated carbocycles. The summed E-state index contributed by atoms with van der Waals surface area (Å²) in [5.74, 6) is 0.696. The van der Waals surface area contributed by atoms with Crippen LogP contribution in [0.1, 0.15) is 54.1 Å². The Kier molecular flexibility index (Phi) is 8.39. The normalized spacial score (nSPS) is 18.0. The molecule has 1 amide bonds. The summed E-state index contributed by atoms with van der Waals surface area (Å²) in [4.78, 5) is 24.2. The van der Waals surface area contributed by atoms with E-state index in [0.29, 0.717) is 12.4 Å². The predicted molar refractivity (Wildman–Crippen MR) is 148 cm³/mol. The van der Waals surface area contributed by atoms with Crippen molar-refractivity contribution in [2.45, 2.75) is 57.5 Å². The number of alkyl halides is 3. The van der Waals surface area contributed by atoms with Crippen LogP contribution in [0.3, 0.4) is 0 Å². The minimum absolute atomic E-state index is 0.0133. The van der Waals surface area contributed by atoms with E-state index in [4.69, 9.17) is 4.74 Å². The van der Waals surface area contributed by atoms with Gasteiger partial charge >= 0.3 is 6.18 Å². The summed E-state index contributed by atoms with van der Waals surface area (Å²) in [6.45, 7) is 5.03. The maximum Gasteiger partial charge on any atom is 0.416 e. The van der Waals surface area contributed by atoms with Crippen LogP contribution in [0.5, 0.6) is 5.75 Å². The van der Waals surface area contributed by atoms with Crippen molar-refractivity contribution in [3.63, 3.8) is 0 Å². The van der Waals surface area contributed by atoms with Crippen LogP contribution >= 0.6 is 0 Å². The summed E-state index contributed by atoms with van der Waals surface area (Å²) < 4.78 is 46.9. The molecule has 212 valence electrons. The van der Waals surface area contributed by atoms with Gasteiger partial charge in [0.1, 0.15) is 23.5 Å². The average Bonchev–Trinajstić information content (AvgIpc) is 3.67. The fourth-order valence-electron chi connectivity index (χ4n) is 5.12. The van der Waals surface area contributed by atoms with Gasteiger partial charge in [-0.05, 0) is 81.1 Å². The zero-order valence-electron chi connectivity index (χ0n) is 22.3. The second-order valence-corrected chi connectivity index (χ2v) is 10.2. The van der Waals surface area contributed by atoms with E-state index in [1.165, 1.54) is 6.07 Å². The van der Waals surface area contributed by atoms with Gasteiger partial charge in [0.25, 0.3) is 5.91 Å². The number of carbonyl (C=O) groups is 1. The molecule has 3 N–H and O–H groups in total. The van der Waals surface area contributed by atoms with E-state index in [9.17, 15) is 18.0 Å². The van der Waals surface area contributed by atoms with E-state index >= 15 is 0 Å². The molecule has 2 aliphatic heterocycles. The number of carbonyl (C=O) groups excluding carboxylic acids is 1. The number of nitrogens with zero attached hydrogens (tertiary/aromatic N) is 3. The standard InChI is InChI=1S/C29H33F3N6O2/c1-19(25-7-5-9-33-25)40-23-16-21(29(30,31)32)15-22(17-23)37-28(39)24-6-4-10-35-27(24)36-18-20-8-11-34-26(14-20)38-12-2-3-13-38/h4,6,8,10-11,14-17,19,25,33H,2-3,5,7,9,12-13,18H2,1H3,(H,35,36)(H,37,39). The smallest absolute Gasteiger partial charge is 0.416 e. The van der Waals surface area contributed by atoms with Gasteiger partial charge < -0.3 is 25.6 Å². The molecule has 11 heteroatoms. The average molecular weight is 555 g/mol. The van der Waals surface area contributed by atoms with E-state index in [1.807, 2.05) is 19.1 Å². The van der Waals surface area contributed by atoms with Crippen LogP contribution in [0.15, 0.2) is 54.9 Å². The molecule has 2 fully saturated rings. The molecule has 0 spiro atoms. The Labute approximate surface area is 231 Å². The Morgan fingerprint density at radius 2 is 1.95 bits per heavy atom. The summed E-state index contributed by atoms with van der Waals surface area (Å²) in [5, 5.41) is 9.10. The molecule has 8 nitrogen and oxygen atoms in total. The lowest BCUT2D eigenvalue weighted by Gasteiger charge is -2.22. The molecule has 1 aromatic carbocycles. The van der Waals surface area contributed by atoms with Gasteiger partial charge in [-0.2, -0.15) is 13.2 Å². The Morgan fingerprint density at radius 3 is 2.70 bits per heavy atom. The van der Waals surface area contributed by atoms with Crippen molar-refractivity contribution in [3.05, 3.63) is 71.5 Å². The Hall–Kier alpha value is -3.86. The molecule has 2 aliphatic rings. The number of rotatable bonds is 9. The lowest BCUT2D eigenvalue weighted by molar-refractivity contribution is -0.137. The zero-order valence-corrected chi connectivity index (χ0v) is 22.3. The van der Waals surface area contributed by atoms with Crippen LogP contribution in [-0.4, -0.2) is 47.7 Å². The first-order valence-electron chi connectivity index (χ1n) is 13.6. The minimum Gasteiger partial charge on any atom is -0.489 e. The number of hydrogen-bond acceptors (Lipinski definition) is 7. The predicted octanol–water partition coefficient (Wildman–Crippen LogP) is 5.48. The van der Waals surface area contributed by atoms with Crippen molar-refractivity contribution < 1.29 is 22.7 Å². The summed E-state index contributed by atoms with van der Waals surface area (Å²) in [5.41, 5.74) is 0.266. The molecule has 2 atom stereocenters. The second kappa shape index (κ2) is 12.1. The van der Waals surface area contributed by atoms with Crippen LogP contribution in [0.2, 0.25) is 0 Å². The first kappa shape index (κ1) is 27.7. The fourth-order valence-corrected chi connectivity index (χ4v) is 5.12. The lowest BCUT2D eigenvalue weighted by Crippen LogP contribution is -2.36. The minimum atomic E-state index is -4.60. The number of pyridine rings is 2. The number of amides is 1. The van der Waals surface area contributed by atoms with Gasteiger partial charge in [-0.15, -0.1) is 0 Å². The van der Waals surface area contributed by atoms with Crippen molar-refractivity contribution in [3.8, 4) is 5.75 Å². The number of hydrogen-bond donors (Lipinski definition) is 3. The van der Waals surface area contributed by atoms with Crippen molar-refractivity contribution in [1.82, 2.24) is 15.3 Å². The van der Waals surface area contributed by atoms with E-state index < -0.39 is 17.6 Å². The SMILES string of the molecule is CC(Oc1cc(NC(=O)c2cccnc2NCc2ccnc(N3CCCC3)c2)cc(C(F)(F)F)c1)C1CCCN1. The largest absolute Gasteiger partial charge is 0.489 e. The molecule has 2 saturated heterocycles. The molecule has 2 aromatic heterocycles. The highest BCUT2D eigenvalue weighted by Gasteiger charge is 2.32. The van der Waals surface area contributed by atoms with Crippen molar-refractivity contribution >= 4 is 23.2 Å². The highest BCUT2D eigenvalue weighted by molar-refractivity contribution is 6.07. The van der Waals surface area contributed by atoms with Gasteiger partial charge in [0.2, 0.25) is 0 Å². The van der Waals surface area contributed by atoms with Gasteiger partial charge in [0.15, 0.2) is 0 Å². The van der Waals surface area contributed by atoms with Gasteiger partial charge in [-0.25, -0.2) is 9.97 Å². The molecule has 2 unspecified atom stereocenters. The third kappa shape index (κ3) is 6.82. The maximum atomic E-state index is 13.7. The molecule has 0 radical (unpaired) electrons. The summed E-state index contributed by atoms with van der Waals surface area (Å²) in [6, 6.07) is 10.4. The molecule has 40 heavy (non-hydrogen) atoms. The number of ether oxygens (including phenoxy) is 1. The number of nitrogens with one attached hydrogen (secondary N) is 3. The van der Waals surface area contributed by atoms with Crippen LogP contribution in [0.4, 0.5) is 30.5 Å².